The van der Waals surface area contributed by atoms with Crippen LogP contribution in [-0.2, 0) is 16.1 Å². The van der Waals surface area contributed by atoms with Crippen molar-refractivity contribution in [2.24, 2.45) is 5.73 Å². The van der Waals surface area contributed by atoms with E-state index in [1.807, 2.05) is 16.7 Å². The Morgan fingerprint density at radius 1 is 1.41 bits per heavy atom. The molecule has 22 heavy (non-hydrogen) atoms. The quantitative estimate of drug-likeness (QED) is 0.781. The molecule has 1 atom stereocenters. The highest BCUT2D eigenvalue weighted by Gasteiger charge is 2.19. The molecule has 0 aliphatic heterocycles. The Hall–Kier alpha value is -1.57. The van der Waals surface area contributed by atoms with Crippen LogP contribution in [-0.4, -0.2) is 39.6 Å². The third-order valence-corrected chi connectivity index (χ3v) is 4.37. The topological polar surface area (TPSA) is 83.0 Å². The Bertz CT molecular complexity index is 645. The van der Waals surface area contributed by atoms with E-state index in [4.69, 9.17) is 22.1 Å². The van der Waals surface area contributed by atoms with Crippen molar-refractivity contribution in [3.63, 3.8) is 0 Å². The van der Waals surface area contributed by atoms with E-state index >= 15 is 0 Å². The van der Waals surface area contributed by atoms with Gasteiger partial charge in [-0.2, -0.15) is 0 Å². The number of nitrogens with zero attached hydrogens (tertiary/aromatic N) is 3. The van der Waals surface area contributed by atoms with Crippen LogP contribution in [0.1, 0.15) is 6.92 Å². The molecule has 0 saturated carbocycles. The van der Waals surface area contributed by atoms with Crippen molar-refractivity contribution < 1.29 is 9.53 Å². The van der Waals surface area contributed by atoms with Crippen LogP contribution in [0.5, 0.6) is 0 Å². The van der Waals surface area contributed by atoms with E-state index in [-0.39, 0.29) is 11.2 Å². The van der Waals surface area contributed by atoms with Crippen LogP contribution in [0.4, 0.5) is 0 Å². The summed E-state index contributed by atoms with van der Waals surface area (Å²) in [7, 11) is 1.63. The van der Waals surface area contributed by atoms with E-state index in [1.165, 1.54) is 11.8 Å². The Balaban J connectivity index is 2.35. The number of aromatic nitrogens is 3. The monoisotopic (exact) mass is 340 g/mol. The molecule has 1 heterocycles. The minimum Gasteiger partial charge on any atom is -0.383 e. The summed E-state index contributed by atoms with van der Waals surface area (Å²) in [5, 5.41) is 9.30. The second-order valence-electron chi connectivity index (χ2n) is 4.62. The lowest BCUT2D eigenvalue weighted by Gasteiger charge is -2.11. The second kappa shape index (κ2) is 7.62. The molecule has 1 aromatic heterocycles. The molecule has 0 fully saturated rings. The summed E-state index contributed by atoms with van der Waals surface area (Å²) in [4.78, 5) is 11.2. The summed E-state index contributed by atoms with van der Waals surface area (Å²) in [6, 6.07) is 7.35. The van der Waals surface area contributed by atoms with Crippen LogP contribution < -0.4 is 5.73 Å². The van der Waals surface area contributed by atoms with Crippen LogP contribution in [0.2, 0.25) is 5.02 Å². The van der Waals surface area contributed by atoms with Crippen LogP contribution in [0, 0.1) is 0 Å². The SMILES string of the molecule is COCCn1c(SC(C)C(N)=O)nnc1-c1ccc(Cl)cc1. The number of halogens is 1. The van der Waals surface area contributed by atoms with Crippen LogP contribution in [0.25, 0.3) is 11.4 Å². The van der Waals surface area contributed by atoms with Crippen molar-refractivity contribution in [1.29, 1.82) is 0 Å². The lowest BCUT2D eigenvalue weighted by Crippen LogP contribution is -2.23. The summed E-state index contributed by atoms with van der Waals surface area (Å²) in [5.41, 5.74) is 6.21. The molecule has 0 saturated heterocycles. The van der Waals surface area contributed by atoms with Gasteiger partial charge in [0.2, 0.25) is 5.91 Å². The van der Waals surface area contributed by atoms with E-state index in [0.29, 0.717) is 29.2 Å². The first-order chi connectivity index (χ1) is 10.5. The highest BCUT2D eigenvalue weighted by Crippen LogP contribution is 2.27. The summed E-state index contributed by atoms with van der Waals surface area (Å²) in [6.45, 7) is 2.83. The van der Waals surface area contributed by atoms with Crippen molar-refractivity contribution in [2.75, 3.05) is 13.7 Å². The number of primary amides is 1. The van der Waals surface area contributed by atoms with Crippen molar-refractivity contribution in [3.8, 4) is 11.4 Å². The van der Waals surface area contributed by atoms with E-state index in [2.05, 4.69) is 10.2 Å². The maximum absolute atomic E-state index is 11.2. The Kier molecular flexibility index (Phi) is 5.82. The van der Waals surface area contributed by atoms with E-state index in [1.54, 1.807) is 26.2 Å². The number of rotatable bonds is 7. The number of ether oxygens (including phenoxy) is 1. The molecule has 6 nitrogen and oxygen atoms in total. The third-order valence-electron chi connectivity index (χ3n) is 3.02. The fraction of sp³-hybridized carbons (Fsp3) is 0.357. The maximum Gasteiger partial charge on any atom is 0.230 e. The van der Waals surface area contributed by atoms with E-state index in [0.717, 1.165) is 5.56 Å². The van der Waals surface area contributed by atoms with Gasteiger partial charge in [0.05, 0.1) is 18.4 Å². The first-order valence-corrected chi connectivity index (χ1v) is 7.92. The second-order valence-corrected chi connectivity index (χ2v) is 6.36. The minimum atomic E-state index is -0.390. The zero-order valence-corrected chi connectivity index (χ0v) is 13.9. The molecule has 0 bridgehead atoms. The largest absolute Gasteiger partial charge is 0.383 e. The average molecular weight is 341 g/mol. The Labute approximate surface area is 138 Å². The highest BCUT2D eigenvalue weighted by molar-refractivity contribution is 8.00. The number of nitrogens with two attached hydrogens (primary N) is 1. The van der Waals surface area contributed by atoms with Gasteiger partial charge in [-0.25, -0.2) is 0 Å². The number of hydrogen-bond acceptors (Lipinski definition) is 5. The smallest absolute Gasteiger partial charge is 0.230 e. The number of carbonyl (C=O) groups is 1. The van der Waals surface area contributed by atoms with Crippen LogP contribution in [0.15, 0.2) is 29.4 Å². The van der Waals surface area contributed by atoms with Gasteiger partial charge in [-0.1, -0.05) is 23.4 Å². The van der Waals surface area contributed by atoms with E-state index < -0.39 is 0 Å². The van der Waals surface area contributed by atoms with Gasteiger partial charge in [0.15, 0.2) is 11.0 Å². The molecule has 0 aliphatic carbocycles. The molecule has 0 radical (unpaired) electrons. The molecule has 1 amide bonds. The maximum atomic E-state index is 11.2. The average Bonchev–Trinajstić information content (AvgIpc) is 2.88. The van der Waals surface area contributed by atoms with Gasteiger partial charge in [0.25, 0.3) is 0 Å². The fourth-order valence-corrected chi connectivity index (χ4v) is 2.74. The highest BCUT2D eigenvalue weighted by atomic mass is 35.5. The van der Waals surface area contributed by atoms with Crippen molar-refractivity contribution in [2.45, 2.75) is 23.9 Å². The molecule has 2 aromatic rings. The van der Waals surface area contributed by atoms with Crippen molar-refractivity contribution in [3.05, 3.63) is 29.3 Å². The summed E-state index contributed by atoms with van der Waals surface area (Å²) >= 11 is 7.19. The van der Waals surface area contributed by atoms with Crippen LogP contribution >= 0.6 is 23.4 Å². The van der Waals surface area contributed by atoms with Gasteiger partial charge in [-0.05, 0) is 31.2 Å². The summed E-state index contributed by atoms with van der Waals surface area (Å²) < 4.78 is 7.05. The van der Waals surface area contributed by atoms with Crippen LogP contribution in [0.3, 0.4) is 0 Å². The first-order valence-electron chi connectivity index (χ1n) is 6.67. The predicted octanol–water partition coefficient (Wildman–Crippen LogP) is 2.21. The zero-order valence-electron chi connectivity index (χ0n) is 12.3. The van der Waals surface area contributed by atoms with Gasteiger partial charge >= 0.3 is 0 Å². The zero-order chi connectivity index (χ0) is 16.1. The number of thioether (sulfide) groups is 1. The Morgan fingerprint density at radius 2 is 2.09 bits per heavy atom. The van der Waals surface area contributed by atoms with Crippen molar-refractivity contribution >= 4 is 29.3 Å². The van der Waals surface area contributed by atoms with Gasteiger partial charge < -0.3 is 10.5 Å². The number of carbonyl (C=O) groups excluding carboxylic acids is 1. The third kappa shape index (κ3) is 4.00. The molecule has 1 unspecified atom stereocenters. The lowest BCUT2D eigenvalue weighted by atomic mass is 10.2. The van der Waals surface area contributed by atoms with Gasteiger partial charge in [0, 0.05) is 17.7 Å². The van der Waals surface area contributed by atoms with Gasteiger partial charge in [-0.15, -0.1) is 10.2 Å². The summed E-state index contributed by atoms with van der Waals surface area (Å²) in [5.74, 6) is 0.312. The molecule has 0 spiro atoms. The molecule has 2 N–H and O–H groups in total. The number of hydrogen-bond donors (Lipinski definition) is 1. The predicted molar refractivity (Wildman–Crippen MR) is 86.9 cm³/mol. The standard InChI is InChI=1S/C14H17ClN4O2S/c1-9(12(16)20)22-14-18-17-13(19(14)7-8-21-2)10-3-5-11(15)6-4-10/h3-6,9H,7-8H2,1-2H3,(H2,16,20). The normalized spacial score (nSPS) is 12.3. The molecule has 0 aliphatic rings. The first kappa shape index (κ1) is 16.8. The Morgan fingerprint density at radius 3 is 2.68 bits per heavy atom. The fourth-order valence-electron chi connectivity index (χ4n) is 1.79. The molecule has 118 valence electrons. The molecular formula is C14H17ClN4O2S. The number of methoxy groups -OCH3 is 1. The number of amides is 1. The number of benzene rings is 1. The van der Waals surface area contributed by atoms with Crippen molar-refractivity contribution in [1.82, 2.24) is 14.8 Å². The molecule has 1 aromatic carbocycles. The summed E-state index contributed by atoms with van der Waals surface area (Å²) in [6.07, 6.45) is 0. The molecule has 8 heteroatoms. The van der Waals surface area contributed by atoms with Gasteiger partial charge in [-0.3, -0.25) is 9.36 Å². The molecular weight excluding hydrogens is 324 g/mol. The van der Waals surface area contributed by atoms with Gasteiger partial charge in [0.1, 0.15) is 0 Å². The molecule has 2 rings (SSSR count). The van der Waals surface area contributed by atoms with E-state index in [9.17, 15) is 4.79 Å². The lowest BCUT2D eigenvalue weighted by molar-refractivity contribution is -0.117. The minimum absolute atomic E-state index is 0.386.